The standard InChI is InChI=1S/C29H19NO/c31-26-12-6-11-24-27-23-10-5-4-9-21(23)17-18-25(27)28(30-29(24)26)22-15-13-20(14-16-22)19-7-2-1-3-8-19/h1-18,31H. The number of aromatic hydroxyl groups is 1. The molecule has 2 nitrogen and oxygen atoms in total. The van der Waals surface area contributed by atoms with Crippen molar-refractivity contribution < 1.29 is 5.11 Å². The van der Waals surface area contributed by atoms with E-state index < -0.39 is 0 Å². The van der Waals surface area contributed by atoms with E-state index in [1.165, 1.54) is 21.9 Å². The second-order valence-corrected chi connectivity index (χ2v) is 7.79. The van der Waals surface area contributed by atoms with E-state index in [1.54, 1.807) is 6.07 Å². The van der Waals surface area contributed by atoms with Crippen LogP contribution in [0, 0.1) is 0 Å². The zero-order valence-electron chi connectivity index (χ0n) is 16.8. The molecule has 5 aromatic carbocycles. The van der Waals surface area contributed by atoms with Crippen LogP contribution < -0.4 is 0 Å². The zero-order valence-corrected chi connectivity index (χ0v) is 16.8. The molecule has 0 bridgehead atoms. The van der Waals surface area contributed by atoms with Crippen molar-refractivity contribution in [2.24, 2.45) is 0 Å². The lowest BCUT2D eigenvalue weighted by Crippen LogP contribution is -1.91. The third-order valence-corrected chi connectivity index (χ3v) is 5.96. The lowest BCUT2D eigenvalue weighted by Gasteiger charge is -2.13. The number of phenols is 1. The molecule has 0 radical (unpaired) electrons. The number of pyridine rings is 1. The quantitative estimate of drug-likeness (QED) is 0.305. The van der Waals surface area contributed by atoms with E-state index in [0.29, 0.717) is 5.52 Å². The highest BCUT2D eigenvalue weighted by molar-refractivity contribution is 6.23. The molecule has 0 saturated carbocycles. The Morgan fingerprint density at radius 1 is 0.484 bits per heavy atom. The summed E-state index contributed by atoms with van der Waals surface area (Å²) in [5, 5.41) is 16.1. The molecule has 2 heteroatoms. The van der Waals surface area contributed by atoms with Gasteiger partial charge in [-0.05, 0) is 28.0 Å². The number of phenolic OH excluding ortho intramolecular Hbond substituents is 1. The van der Waals surface area contributed by atoms with Crippen LogP contribution in [0.25, 0.3) is 54.8 Å². The van der Waals surface area contributed by atoms with Gasteiger partial charge in [0, 0.05) is 21.7 Å². The molecule has 0 spiro atoms. The van der Waals surface area contributed by atoms with Gasteiger partial charge in [0.1, 0.15) is 11.3 Å². The number of benzene rings is 5. The third-order valence-electron chi connectivity index (χ3n) is 5.96. The Kier molecular flexibility index (Phi) is 3.97. The Morgan fingerprint density at radius 2 is 1.16 bits per heavy atom. The first-order valence-electron chi connectivity index (χ1n) is 10.4. The molecule has 0 aliphatic heterocycles. The summed E-state index contributed by atoms with van der Waals surface area (Å²) < 4.78 is 0. The van der Waals surface area contributed by atoms with Crippen molar-refractivity contribution in [3.8, 4) is 28.1 Å². The fraction of sp³-hybridized carbons (Fsp3) is 0. The molecule has 146 valence electrons. The van der Waals surface area contributed by atoms with Crippen LogP contribution in [0.5, 0.6) is 5.75 Å². The molecule has 1 heterocycles. The largest absolute Gasteiger partial charge is 0.506 e. The zero-order chi connectivity index (χ0) is 20.8. The average Bonchev–Trinajstić information content (AvgIpc) is 2.84. The normalized spacial score (nSPS) is 11.4. The van der Waals surface area contributed by atoms with Crippen LogP contribution in [-0.2, 0) is 0 Å². The van der Waals surface area contributed by atoms with Gasteiger partial charge in [-0.15, -0.1) is 0 Å². The van der Waals surface area contributed by atoms with Gasteiger partial charge in [-0.3, -0.25) is 0 Å². The molecule has 1 aromatic heterocycles. The van der Waals surface area contributed by atoms with Crippen molar-refractivity contribution in [1.29, 1.82) is 0 Å². The minimum atomic E-state index is 0.203. The summed E-state index contributed by atoms with van der Waals surface area (Å²) in [6.45, 7) is 0. The molecular weight excluding hydrogens is 378 g/mol. The Morgan fingerprint density at radius 3 is 2.00 bits per heavy atom. The third kappa shape index (κ3) is 2.84. The van der Waals surface area contributed by atoms with Gasteiger partial charge in [0.15, 0.2) is 0 Å². The minimum absolute atomic E-state index is 0.203. The monoisotopic (exact) mass is 397 g/mol. The number of nitrogens with zero attached hydrogens (tertiary/aromatic N) is 1. The van der Waals surface area contributed by atoms with Gasteiger partial charge >= 0.3 is 0 Å². The van der Waals surface area contributed by atoms with E-state index in [9.17, 15) is 5.11 Å². The smallest absolute Gasteiger partial charge is 0.141 e. The van der Waals surface area contributed by atoms with Gasteiger partial charge in [-0.2, -0.15) is 0 Å². The van der Waals surface area contributed by atoms with E-state index in [0.717, 1.165) is 27.4 Å². The number of fused-ring (bicyclic) bond motifs is 5. The highest BCUT2D eigenvalue weighted by Crippen LogP contribution is 2.39. The summed E-state index contributed by atoms with van der Waals surface area (Å²) in [6.07, 6.45) is 0. The van der Waals surface area contributed by atoms with Gasteiger partial charge < -0.3 is 5.11 Å². The Bertz CT molecular complexity index is 1570. The molecule has 0 aliphatic rings. The van der Waals surface area contributed by atoms with Crippen molar-refractivity contribution in [3.63, 3.8) is 0 Å². The summed E-state index contributed by atoms with van der Waals surface area (Å²) in [7, 11) is 0. The molecule has 0 fully saturated rings. The van der Waals surface area contributed by atoms with Crippen LogP contribution in [0.3, 0.4) is 0 Å². The maximum atomic E-state index is 10.6. The number of aromatic nitrogens is 1. The van der Waals surface area contributed by atoms with Crippen LogP contribution in [0.1, 0.15) is 0 Å². The highest BCUT2D eigenvalue weighted by Gasteiger charge is 2.15. The van der Waals surface area contributed by atoms with Gasteiger partial charge in [0.25, 0.3) is 0 Å². The van der Waals surface area contributed by atoms with Crippen LogP contribution in [0.15, 0.2) is 109 Å². The number of para-hydroxylation sites is 1. The Labute approximate surface area is 180 Å². The Hall–Kier alpha value is -4.17. The van der Waals surface area contributed by atoms with Crippen molar-refractivity contribution >= 4 is 32.4 Å². The lowest BCUT2D eigenvalue weighted by molar-refractivity contribution is 0.480. The summed E-state index contributed by atoms with van der Waals surface area (Å²) in [6, 6.07) is 37.2. The summed E-state index contributed by atoms with van der Waals surface area (Å²) in [5.74, 6) is 0.203. The predicted octanol–water partition coefficient (Wildman–Crippen LogP) is 7.58. The van der Waals surface area contributed by atoms with Crippen LogP contribution in [0.4, 0.5) is 0 Å². The molecule has 0 saturated heterocycles. The van der Waals surface area contributed by atoms with Gasteiger partial charge in [-0.25, -0.2) is 4.98 Å². The molecular formula is C29H19NO. The minimum Gasteiger partial charge on any atom is -0.506 e. The average molecular weight is 397 g/mol. The Balaban J connectivity index is 1.66. The molecule has 1 N–H and O–H groups in total. The van der Waals surface area contributed by atoms with E-state index in [2.05, 4.69) is 84.9 Å². The predicted molar refractivity (Wildman–Crippen MR) is 129 cm³/mol. The van der Waals surface area contributed by atoms with Crippen molar-refractivity contribution in [2.75, 3.05) is 0 Å². The molecule has 31 heavy (non-hydrogen) atoms. The maximum Gasteiger partial charge on any atom is 0.141 e. The highest BCUT2D eigenvalue weighted by atomic mass is 16.3. The number of hydrogen-bond acceptors (Lipinski definition) is 2. The van der Waals surface area contributed by atoms with Crippen molar-refractivity contribution in [2.45, 2.75) is 0 Å². The fourth-order valence-electron chi connectivity index (χ4n) is 4.45. The first-order valence-corrected chi connectivity index (χ1v) is 10.4. The molecule has 0 aliphatic carbocycles. The second-order valence-electron chi connectivity index (χ2n) is 7.79. The lowest BCUT2D eigenvalue weighted by atomic mass is 9.94. The molecule has 0 unspecified atom stereocenters. The van der Waals surface area contributed by atoms with Gasteiger partial charge in [0.05, 0.1) is 5.69 Å². The molecule has 6 aromatic rings. The number of hydrogen-bond donors (Lipinski definition) is 1. The first kappa shape index (κ1) is 17.7. The topological polar surface area (TPSA) is 33.1 Å². The van der Waals surface area contributed by atoms with E-state index in [1.807, 2.05) is 18.2 Å². The fourth-order valence-corrected chi connectivity index (χ4v) is 4.45. The summed E-state index contributed by atoms with van der Waals surface area (Å²) in [5.41, 5.74) is 4.91. The number of rotatable bonds is 2. The molecule has 6 rings (SSSR count). The van der Waals surface area contributed by atoms with Gasteiger partial charge in [0.2, 0.25) is 0 Å². The van der Waals surface area contributed by atoms with E-state index in [4.69, 9.17) is 4.98 Å². The SMILES string of the molecule is Oc1cccc2c1nc(-c1ccc(-c3ccccc3)cc1)c1ccc3ccccc3c12. The summed E-state index contributed by atoms with van der Waals surface area (Å²) >= 11 is 0. The van der Waals surface area contributed by atoms with Gasteiger partial charge in [-0.1, -0.05) is 103 Å². The van der Waals surface area contributed by atoms with Crippen LogP contribution in [0.2, 0.25) is 0 Å². The van der Waals surface area contributed by atoms with E-state index >= 15 is 0 Å². The van der Waals surface area contributed by atoms with Crippen molar-refractivity contribution in [1.82, 2.24) is 4.98 Å². The van der Waals surface area contributed by atoms with E-state index in [-0.39, 0.29) is 5.75 Å². The summed E-state index contributed by atoms with van der Waals surface area (Å²) in [4.78, 5) is 4.93. The molecule has 0 amide bonds. The second kappa shape index (κ2) is 6.96. The van der Waals surface area contributed by atoms with Crippen LogP contribution in [-0.4, -0.2) is 10.1 Å². The van der Waals surface area contributed by atoms with Crippen LogP contribution >= 0.6 is 0 Å². The maximum absolute atomic E-state index is 10.6. The first-order chi connectivity index (χ1) is 15.3. The molecule has 0 atom stereocenters. The van der Waals surface area contributed by atoms with Crippen molar-refractivity contribution in [3.05, 3.63) is 109 Å².